The zero-order valence-corrected chi connectivity index (χ0v) is 17.6. The second kappa shape index (κ2) is 8.46. The third-order valence-corrected chi connectivity index (χ3v) is 5.29. The minimum Gasteiger partial charge on any atom is -0.383 e. The van der Waals surface area contributed by atoms with Crippen molar-refractivity contribution in [1.29, 1.82) is 0 Å². The maximum atomic E-state index is 12.9. The number of likely N-dealkylation sites (N-methyl/N-ethyl adjacent to an activating group) is 1. The third kappa shape index (κ3) is 3.99. The van der Waals surface area contributed by atoms with Crippen LogP contribution in [0.5, 0.6) is 0 Å². The summed E-state index contributed by atoms with van der Waals surface area (Å²) in [5.74, 6) is -0.969. The molecule has 11 heteroatoms. The standard InChI is InChI=1S/C22H20N6O5/c1-26(16(29)12-28-20(31)14-9-5-6-10-15(14)24-21(28)32)17-18(23)27(22(33)25-19(17)30)11-13-7-3-2-4-8-13/h2-10H,11-12,23H2,1H3,(H,24,32)(H,25,30,33). The van der Waals surface area contributed by atoms with Gasteiger partial charge < -0.3 is 15.6 Å². The summed E-state index contributed by atoms with van der Waals surface area (Å²) < 4.78 is 1.87. The fourth-order valence-corrected chi connectivity index (χ4v) is 3.53. The molecule has 2 aromatic carbocycles. The number of amides is 1. The van der Waals surface area contributed by atoms with Crippen LogP contribution in [0.3, 0.4) is 0 Å². The number of aromatic amines is 2. The molecule has 0 aliphatic carbocycles. The second-order valence-corrected chi connectivity index (χ2v) is 7.38. The molecule has 33 heavy (non-hydrogen) atoms. The number of nitrogens with zero attached hydrogens (tertiary/aromatic N) is 3. The molecule has 4 aromatic rings. The molecule has 0 unspecified atom stereocenters. The first kappa shape index (κ1) is 21.6. The van der Waals surface area contributed by atoms with Crippen molar-refractivity contribution in [2.75, 3.05) is 17.7 Å². The van der Waals surface area contributed by atoms with Gasteiger partial charge in [-0.25, -0.2) is 9.59 Å². The van der Waals surface area contributed by atoms with E-state index in [1.54, 1.807) is 42.5 Å². The Kier molecular flexibility index (Phi) is 5.53. The Balaban J connectivity index is 1.71. The molecule has 1 amide bonds. The molecule has 0 aliphatic heterocycles. The molecule has 0 saturated carbocycles. The molecule has 4 rings (SSSR count). The van der Waals surface area contributed by atoms with Gasteiger partial charge in [0.25, 0.3) is 11.1 Å². The number of nitrogens with one attached hydrogen (secondary N) is 2. The zero-order chi connectivity index (χ0) is 23.7. The summed E-state index contributed by atoms with van der Waals surface area (Å²) in [7, 11) is 1.28. The van der Waals surface area contributed by atoms with Gasteiger partial charge in [-0.1, -0.05) is 42.5 Å². The number of nitrogens with two attached hydrogens (primary N) is 1. The highest BCUT2D eigenvalue weighted by Crippen LogP contribution is 2.16. The quantitative estimate of drug-likeness (QED) is 0.385. The molecular formula is C22H20N6O5. The fraction of sp³-hybridized carbons (Fsp3) is 0.136. The molecule has 0 spiro atoms. The summed E-state index contributed by atoms with van der Waals surface area (Å²) in [5.41, 5.74) is 3.95. The van der Waals surface area contributed by atoms with E-state index in [9.17, 15) is 24.0 Å². The summed E-state index contributed by atoms with van der Waals surface area (Å²) in [6, 6.07) is 15.4. The summed E-state index contributed by atoms with van der Waals surface area (Å²) >= 11 is 0. The van der Waals surface area contributed by atoms with Gasteiger partial charge in [-0.2, -0.15) is 0 Å². The van der Waals surface area contributed by atoms with E-state index >= 15 is 0 Å². The van der Waals surface area contributed by atoms with Crippen molar-refractivity contribution in [2.45, 2.75) is 13.1 Å². The Morgan fingerprint density at radius 1 is 0.909 bits per heavy atom. The van der Waals surface area contributed by atoms with Crippen molar-refractivity contribution in [1.82, 2.24) is 19.1 Å². The second-order valence-electron chi connectivity index (χ2n) is 7.38. The Morgan fingerprint density at radius 2 is 1.55 bits per heavy atom. The summed E-state index contributed by atoms with van der Waals surface area (Å²) in [6.45, 7) is -0.562. The lowest BCUT2D eigenvalue weighted by atomic mass is 10.2. The van der Waals surface area contributed by atoms with Crippen molar-refractivity contribution in [2.24, 2.45) is 0 Å². The number of nitrogen functional groups attached to an aromatic ring is 1. The Hall–Kier alpha value is -4.67. The smallest absolute Gasteiger partial charge is 0.330 e. The van der Waals surface area contributed by atoms with Crippen LogP contribution in [-0.4, -0.2) is 32.1 Å². The lowest BCUT2D eigenvalue weighted by Crippen LogP contribution is -2.44. The van der Waals surface area contributed by atoms with Crippen molar-refractivity contribution in [3.05, 3.63) is 102 Å². The first-order valence-corrected chi connectivity index (χ1v) is 9.93. The molecule has 2 aromatic heterocycles. The third-order valence-electron chi connectivity index (χ3n) is 5.29. The molecule has 0 fully saturated rings. The topological polar surface area (TPSA) is 156 Å². The van der Waals surface area contributed by atoms with Crippen molar-refractivity contribution >= 4 is 28.3 Å². The number of carbonyl (C=O) groups is 1. The number of para-hydroxylation sites is 1. The van der Waals surface area contributed by atoms with Crippen molar-refractivity contribution in [3.8, 4) is 0 Å². The number of hydrogen-bond acceptors (Lipinski definition) is 6. The van der Waals surface area contributed by atoms with Crippen LogP contribution in [0.4, 0.5) is 11.5 Å². The van der Waals surface area contributed by atoms with E-state index in [-0.39, 0.29) is 23.4 Å². The maximum absolute atomic E-state index is 12.9. The van der Waals surface area contributed by atoms with Gasteiger partial charge in [0.2, 0.25) is 5.91 Å². The highest BCUT2D eigenvalue weighted by atomic mass is 16.2. The van der Waals surface area contributed by atoms with Crippen LogP contribution >= 0.6 is 0 Å². The molecule has 0 radical (unpaired) electrons. The molecule has 0 saturated heterocycles. The zero-order valence-electron chi connectivity index (χ0n) is 17.6. The Bertz CT molecular complexity index is 1600. The van der Waals surface area contributed by atoms with Gasteiger partial charge in [0.15, 0.2) is 5.69 Å². The predicted molar refractivity (Wildman–Crippen MR) is 124 cm³/mol. The molecule has 2 heterocycles. The van der Waals surface area contributed by atoms with Crippen LogP contribution in [0.15, 0.2) is 73.8 Å². The predicted octanol–water partition coefficient (Wildman–Crippen LogP) is -0.167. The minimum atomic E-state index is -0.863. The van der Waals surface area contributed by atoms with E-state index in [0.717, 1.165) is 19.6 Å². The van der Waals surface area contributed by atoms with Gasteiger partial charge in [-0.3, -0.25) is 28.5 Å². The van der Waals surface area contributed by atoms with Gasteiger partial charge in [0.1, 0.15) is 12.4 Å². The van der Waals surface area contributed by atoms with Crippen LogP contribution in [0.2, 0.25) is 0 Å². The van der Waals surface area contributed by atoms with Crippen molar-refractivity contribution < 1.29 is 4.79 Å². The first-order valence-electron chi connectivity index (χ1n) is 9.93. The van der Waals surface area contributed by atoms with Gasteiger partial charge in [0.05, 0.1) is 17.4 Å². The molecular weight excluding hydrogens is 428 g/mol. The highest BCUT2D eigenvalue weighted by Gasteiger charge is 2.22. The Morgan fingerprint density at radius 3 is 2.27 bits per heavy atom. The number of aromatic nitrogens is 4. The highest BCUT2D eigenvalue weighted by molar-refractivity contribution is 5.95. The fourth-order valence-electron chi connectivity index (χ4n) is 3.53. The van der Waals surface area contributed by atoms with Crippen LogP contribution in [0, 0.1) is 0 Å². The van der Waals surface area contributed by atoms with E-state index in [1.807, 2.05) is 6.07 Å². The number of hydrogen-bond donors (Lipinski definition) is 3. The number of H-pyrrole nitrogens is 2. The van der Waals surface area contributed by atoms with Gasteiger partial charge in [-0.15, -0.1) is 0 Å². The SMILES string of the molecule is CN(C(=O)Cn1c(=O)[nH]c2ccccc2c1=O)c1c(N)n(Cc2ccccc2)c(=O)[nH]c1=O. The number of fused-ring (bicyclic) bond motifs is 1. The number of rotatable bonds is 5. The van der Waals surface area contributed by atoms with Gasteiger partial charge in [-0.05, 0) is 17.7 Å². The number of benzene rings is 2. The van der Waals surface area contributed by atoms with E-state index in [2.05, 4.69) is 9.97 Å². The molecule has 11 nitrogen and oxygen atoms in total. The van der Waals surface area contributed by atoms with E-state index in [4.69, 9.17) is 5.73 Å². The van der Waals surface area contributed by atoms with E-state index in [0.29, 0.717) is 5.52 Å². The first-order chi connectivity index (χ1) is 15.8. The Labute approximate surface area is 185 Å². The van der Waals surface area contributed by atoms with Crippen LogP contribution < -0.4 is 33.1 Å². The lowest BCUT2D eigenvalue weighted by molar-refractivity contribution is -0.119. The van der Waals surface area contributed by atoms with E-state index < -0.39 is 34.9 Å². The molecule has 4 N–H and O–H groups in total. The molecule has 168 valence electrons. The van der Waals surface area contributed by atoms with Crippen LogP contribution in [-0.2, 0) is 17.9 Å². The number of carbonyl (C=O) groups excluding carboxylic acids is 1. The summed E-state index contributed by atoms with van der Waals surface area (Å²) in [5, 5.41) is 0.237. The molecule has 0 atom stereocenters. The summed E-state index contributed by atoms with van der Waals surface area (Å²) in [6.07, 6.45) is 0. The average Bonchev–Trinajstić information content (AvgIpc) is 2.79. The van der Waals surface area contributed by atoms with Gasteiger partial charge >= 0.3 is 11.4 Å². The monoisotopic (exact) mass is 448 g/mol. The lowest BCUT2D eigenvalue weighted by Gasteiger charge is -2.20. The largest absolute Gasteiger partial charge is 0.383 e. The van der Waals surface area contributed by atoms with Crippen molar-refractivity contribution in [3.63, 3.8) is 0 Å². The molecule has 0 aliphatic rings. The van der Waals surface area contributed by atoms with Gasteiger partial charge in [0, 0.05) is 7.05 Å². The van der Waals surface area contributed by atoms with Crippen LogP contribution in [0.1, 0.15) is 5.56 Å². The minimum absolute atomic E-state index is 0.0706. The van der Waals surface area contributed by atoms with E-state index in [1.165, 1.54) is 13.1 Å². The van der Waals surface area contributed by atoms with Crippen LogP contribution in [0.25, 0.3) is 10.9 Å². The summed E-state index contributed by atoms with van der Waals surface area (Å²) in [4.78, 5) is 68.5. The number of anilines is 2. The molecule has 0 bridgehead atoms. The maximum Gasteiger partial charge on any atom is 0.330 e. The normalized spacial score (nSPS) is 10.9. The average molecular weight is 448 g/mol.